The molecule has 0 aromatic carbocycles. The van der Waals surface area contributed by atoms with Crippen molar-refractivity contribution >= 4 is 0 Å². The predicted molar refractivity (Wildman–Crippen MR) is 120 cm³/mol. The van der Waals surface area contributed by atoms with Crippen LogP contribution in [0.3, 0.4) is 0 Å². The Kier molecular flexibility index (Phi) is 11.1. The number of unbranched alkanes of at least 4 members (excludes halogenated alkanes) is 3. The average molecular weight is 463 g/mol. The van der Waals surface area contributed by atoms with E-state index in [1.54, 1.807) is 0 Å². The van der Waals surface area contributed by atoms with Gasteiger partial charge >= 0.3 is 6.18 Å². The van der Waals surface area contributed by atoms with E-state index in [4.69, 9.17) is 14.2 Å². The van der Waals surface area contributed by atoms with E-state index < -0.39 is 12.6 Å². The third-order valence-electron chi connectivity index (χ3n) is 8.00. The Morgan fingerprint density at radius 1 is 0.750 bits per heavy atom. The molecule has 0 N–H and O–H groups in total. The van der Waals surface area contributed by atoms with Gasteiger partial charge in [0.15, 0.2) is 6.29 Å². The molecular formula is C26H45F3O3. The first-order valence-electron chi connectivity index (χ1n) is 13.4. The van der Waals surface area contributed by atoms with Crippen LogP contribution in [-0.4, -0.2) is 38.4 Å². The van der Waals surface area contributed by atoms with E-state index >= 15 is 0 Å². The lowest BCUT2D eigenvalue weighted by atomic mass is 9.70. The highest BCUT2D eigenvalue weighted by molar-refractivity contribution is 4.84. The number of alkyl halides is 3. The van der Waals surface area contributed by atoms with E-state index in [9.17, 15) is 13.2 Å². The predicted octanol–water partition coefficient (Wildman–Crippen LogP) is 7.67. The zero-order valence-corrected chi connectivity index (χ0v) is 20.1. The molecular weight excluding hydrogens is 417 g/mol. The second kappa shape index (κ2) is 13.5. The molecule has 0 unspecified atom stereocenters. The maximum Gasteiger partial charge on any atom is 0.389 e. The molecule has 188 valence electrons. The Hall–Kier alpha value is -0.330. The third-order valence-corrected chi connectivity index (χ3v) is 8.00. The number of halogens is 3. The minimum absolute atomic E-state index is 0.106. The van der Waals surface area contributed by atoms with Crippen molar-refractivity contribution in [2.45, 2.75) is 122 Å². The summed E-state index contributed by atoms with van der Waals surface area (Å²) in [6, 6.07) is 0. The minimum Gasteiger partial charge on any atom is -0.378 e. The summed E-state index contributed by atoms with van der Waals surface area (Å²) in [6.07, 6.45) is 11.3. The average Bonchev–Trinajstić information content (AvgIpc) is 2.79. The van der Waals surface area contributed by atoms with Crippen molar-refractivity contribution in [2.24, 2.45) is 23.7 Å². The fourth-order valence-electron chi connectivity index (χ4n) is 5.98. The van der Waals surface area contributed by atoms with Crippen molar-refractivity contribution in [1.29, 1.82) is 0 Å². The van der Waals surface area contributed by atoms with Crippen LogP contribution in [0.2, 0.25) is 0 Å². The minimum atomic E-state index is -4.06. The lowest BCUT2D eigenvalue weighted by Gasteiger charge is -2.41. The van der Waals surface area contributed by atoms with Gasteiger partial charge in [-0.05, 0) is 82.5 Å². The summed E-state index contributed by atoms with van der Waals surface area (Å²) in [7, 11) is 0. The second-order valence-corrected chi connectivity index (χ2v) is 10.6. The molecule has 0 aromatic heterocycles. The van der Waals surface area contributed by atoms with E-state index in [2.05, 4.69) is 6.92 Å². The van der Waals surface area contributed by atoms with Crippen LogP contribution in [0, 0.1) is 23.7 Å². The van der Waals surface area contributed by atoms with Gasteiger partial charge in [0.25, 0.3) is 0 Å². The van der Waals surface area contributed by atoms with Gasteiger partial charge in [0, 0.05) is 24.9 Å². The summed E-state index contributed by atoms with van der Waals surface area (Å²) in [5.41, 5.74) is 0. The number of ether oxygens (including phenoxy) is 3. The molecule has 2 aliphatic carbocycles. The first-order chi connectivity index (χ1) is 15.4. The monoisotopic (exact) mass is 462 g/mol. The lowest BCUT2D eigenvalue weighted by Crippen LogP contribution is -2.39. The van der Waals surface area contributed by atoms with Gasteiger partial charge in [-0.1, -0.05) is 26.2 Å². The largest absolute Gasteiger partial charge is 0.389 e. The highest BCUT2D eigenvalue weighted by Crippen LogP contribution is 2.42. The Labute approximate surface area is 193 Å². The number of rotatable bonds is 11. The van der Waals surface area contributed by atoms with Crippen molar-refractivity contribution in [3.05, 3.63) is 0 Å². The standard InChI is InChI=1S/C26H45F3O3/c1-2-3-4-5-17-30-24-14-12-22(13-15-24)21-8-10-23(11-9-21)25-31-18-20(19-32-25)7-6-16-26(27,28)29/h20-25H,2-19H2,1H3/t20-,21-,22-,23-,24-,25-. The maximum absolute atomic E-state index is 12.3. The van der Waals surface area contributed by atoms with Crippen LogP contribution in [0.25, 0.3) is 0 Å². The smallest absolute Gasteiger partial charge is 0.378 e. The fraction of sp³-hybridized carbons (Fsp3) is 1.00. The van der Waals surface area contributed by atoms with Crippen LogP contribution in [0.5, 0.6) is 0 Å². The topological polar surface area (TPSA) is 27.7 Å². The summed E-state index contributed by atoms with van der Waals surface area (Å²) in [6.45, 7) is 4.27. The molecule has 3 rings (SSSR count). The lowest BCUT2D eigenvalue weighted by molar-refractivity contribution is -0.231. The van der Waals surface area contributed by atoms with Crippen molar-refractivity contribution < 1.29 is 27.4 Å². The zero-order valence-electron chi connectivity index (χ0n) is 20.1. The summed E-state index contributed by atoms with van der Waals surface area (Å²) in [5, 5.41) is 0. The Balaban J connectivity index is 1.25. The first kappa shape index (κ1) is 26.3. The summed E-state index contributed by atoms with van der Waals surface area (Å²) in [5.74, 6) is 2.23. The van der Waals surface area contributed by atoms with Crippen LogP contribution in [0.1, 0.15) is 103 Å². The molecule has 0 aromatic rings. The van der Waals surface area contributed by atoms with Gasteiger partial charge < -0.3 is 14.2 Å². The first-order valence-corrected chi connectivity index (χ1v) is 13.4. The molecule has 6 heteroatoms. The Morgan fingerprint density at radius 3 is 1.94 bits per heavy atom. The molecule has 1 aliphatic heterocycles. The Morgan fingerprint density at radius 2 is 1.34 bits per heavy atom. The fourth-order valence-corrected chi connectivity index (χ4v) is 5.98. The maximum atomic E-state index is 12.3. The SMILES string of the molecule is CCCCCCO[C@H]1CC[C@H]([C@H]2CC[C@H]([C@H]3OC[C@H](CCCC(F)(F)F)CO3)CC2)CC1. The van der Waals surface area contributed by atoms with Crippen LogP contribution >= 0.6 is 0 Å². The molecule has 1 saturated heterocycles. The van der Waals surface area contributed by atoms with E-state index in [0.29, 0.717) is 31.7 Å². The van der Waals surface area contributed by atoms with Crippen molar-refractivity contribution in [2.75, 3.05) is 19.8 Å². The summed E-state index contributed by atoms with van der Waals surface area (Å²) < 4.78 is 55.0. The van der Waals surface area contributed by atoms with Gasteiger partial charge in [-0.2, -0.15) is 13.2 Å². The molecule has 3 nitrogen and oxygen atoms in total. The van der Waals surface area contributed by atoms with Gasteiger partial charge in [0.2, 0.25) is 0 Å². The highest BCUT2D eigenvalue weighted by atomic mass is 19.4. The van der Waals surface area contributed by atoms with Gasteiger partial charge in [0.1, 0.15) is 0 Å². The molecule has 0 atom stereocenters. The Bertz CT molecular complexity index is 489. The zero-order chi connectivity index (χ0) is 22.8. The molecule has 2 saturated carbocycles. The normalized spacial score (nSPS) is 34.5. The van der Waals surface area contributed by atoms with Crippen molar-refractivity contribution in [3.63, 3.8) is 0 Å². The molecule has 3 fully saturated rings. The molecule has 3 aliphatic rings. The van der Waals surface area contributed by atoms with Crippen LogP contribution in [0.4, 0.5) is 13.2 Å². The quantitative estimate of drug-likeness (QED) is 0.295. The number of hydrogen-bond donors (Lipinski definition) is 0. The molecule has 0 radical (unpaired) electrons. The van der Waals surface area contributed by atoms with E-state index in [0.717, 1.165) is 31.3 Å². The molecule has 0 bridgehead atoms. The van der Waals surface area contributed by atoms with Gasteiger partial charge in [0.05, 0.1) is 19.3 Å². The van der Waals surface area contributed by atoms with E-state index in [1.807, 2.05) is 0 Å². The number of hydrogen-bond acceptors (Lipinski definition) is 3. The third kappa shape index (κ3) is 9.13. The highest BCUT2D eigenvalue weighted by Gasteiger charge is 2.36. The molecule has 0 amide bonds. The van der Waals surface area contributed by atoms with Gasteiger partial charge in [-0.15, -0.1) is 0 Å². The molecule has 1 heterocycles. The summed E-state index contributed by atoms with van der Waals surface area (Å²) >= 11 is 0. The van der Waals surface area contributed by atoms with Gasteiger partial charge in [-0.3, -0.25) is 0 Å². The molecule has 32 heavy (non-hydrogen) atoms. The summed E-state index contributed by atoms with van der Waals surface area (Å²) in [4.78, 5) is 0. The van der Waals surface area contributed by atoms with Crippen LogP contribution in [0.15, 0.2) is 0 Å². The second-order valence-electron chi connectivity index (χ2n) is 10.6. The van der Waals surface area contributed by atoms with Crippen LogP contribution in [-0.2, 0) is 14.2 Å². The van der Waals surface area contributed by atoms with Gasteiger partial charge in [-0.25, -0.2) is 0 Å². The van der Waals surface area contributed by atoms with Crippen molar-refractivity contribution in [3.8, 4) is 0 Å². The van der Waals surface area contributed by atoms with E-state index in [1.165, 1.54) is 64.2 Å². The molecule has 0 spiro atoms. The van der Waals surface area contributed by atoms with E-state index in [-0.39, 0.29) is 18.6 Å². The van der Waals surface area contributed by atoms with Crippen molar-refractivity contribution in [1.82, 2.24) is 0 Å². The van der Waals surface area contributed by atoms with Crippen LogP contribution < -0.4 is 0 Å².